The van der Waals surface area contributed by atoms with E-state index in [1.807, 2.05) is 34.7 Å². The molecule has 0 fully saturated rings. The Bertz CT molecular complexity index is 655. The van der Waals surface area contributed by atoms with Crippen molar-refractivity contribution in [3.8, 4) is 0 Å². The first-order chi connectivity index (χ1) is 10.3. The summed E-state index contributed by atoms with van der Waals surface area (Å²) in [6, 6.07) is 5.62. The molecule has 0 aliphatic rings. The monoisotopic (exact) mass is 303 g/mol. The van der Waals surface area contributed by atoms with Gasteiger partial charge in [-0.2, -0.15) is 0 Å². The molecule has 0 unspecified atom stereocenters. The van der Waals surface area contributed by atoms with E-state index in [1.165, 1.54) is 0 Å². The average molecular weight is 303 g/mol. The largest absolute Gasteiger partial charge is 0.396 e. The van der Waals surface area contributed by atoms with Crippen LogP contribution >= 0.6 is 0 Å². The third-order valence-electron chi connectivity index (χ3n) is 3.51. The van der Waals surface area contributed by atoms with Crippen LogP contribution in [0, 0.1) is 5.41 Å². The molecule has 1 aromatic heterocycles. The topological polar surface area (TPSA) is 58.4 Å². The summed E-state index contributed by atoms with van der Waals surface area (Å²) in [5, 5.41) is 9.06. The third kappa shape index (κ3) is 3.85. The lowest BCUT2D eigenvalue weighted by Crippen LogP contribution is -2.38. The highest BCUT2D eigenvalue weighted by molar-refractivity contribution is 5.97. The van der Waals surface area contributed by atoms with Crippen molar-refractivity contribution < 1.29 is 9.90 Å². The first-order valence-corrected chi connectivity index (χ1v) is 7.63. The van der Waals surface area contributed by atoms with Crippen LogP contribution in [-0.4, -0.2) is 45.2 Å². The van der Waals surface area contributed by atoms with Crippen LogP contribution in [-0.2, 0) is 7.05 Å². The van der Waals surface area contributed by atoms with Gasteiger partial charge in [0.2, 0.25) is 0 Å². The van der Waals surface area contributed by atoms with Crippen LogP contribution in [0.4, 0.5) is 0 Å². The fourth-order valence-electron chi connectivity index (χ4n) is 2.54. The van der Waals surface area contributed by atoms with Gasteiger partial charge < -0.3 is 14.6 Å². The van der Waals surface area contributed by atoms with E-state index in [4.69, 9.17) is 5.11 Å². The van der Waals surface area contributed by atoms with Crippen molar-refractivity contribution in [3.05, 3.63) is 30.1 Å². The Morgan fingerprint density at radius 2 is 2.09 bits per heavy atom. The van der Waals surface area contributed by atoms with Gasteiger partial charge in [0.25, 0.3) is 5.91 Å². The fourth-order valence-corrected chi connectivity index (χ4v) is 2.54. The number of amides is 1. The number of imidazole rings is 1. The number of rotatable bonds is 5. The zero-order valence-electron chi connectivity index (χ0n) is 13.8. The van der Waals surface area contributed by atoms with E-state index in [0.717, 1.165) is 11.0 Å². The van der Waals surface area contributed by atoms with Crippen LogP contribution in [0.1, 0.15) is 37.6 Å². The van der Waals surface area contributed by atoms with Crippen LogP contribution < -0.4 is 0 Å². The molecule has 0 aliphatic heterocycles. The molecule has 0 atom stereocenters. The smallest absolute Gasteiger partial charge is 0.253 e. The molecule has 5 heteroatoms. The molecule has 5 nitrogen and oxygen atoms in total. The van der Waals surface area contributed by atoms with Gasteiger partial charge in [-0.25, -0.2) is 4.98 Å². The molecular formula is C17H25N3O2. The maximum Gasteiger partial charge on any atom is 0.253 e. The van der Waals surface area contributed by atoms with E-state index >= 15 is 0 Å². The molecule has 0 radical (unpaired) electrons. The van der Waals surface area contributed by atoms with E-state index < -0.39 is 0 Å². The number of hydrogen-bond donors (Lipinski definition) is 1. The highest BCUT2D eigenvalue weighted by Crippen LogP contribution is 2.19. The van der Waals surface area contributed by atoms with E-state index in [2.05, 4.69) is 25.8 Å². The summed E-state index contributed by atoms with van der Waals surface area (Å²) < 4.78 is 1.93. The second kappa shape index (κ2) is 6.48. The molecule has 120 valence electrons. The second-order valence-corrected chi connectivity index (χ2v) is 6.92. The summed E-state index contributed by atoms with van der Waals surface area (Å²) in [5.41, 5.74) is 2.49. The Labute approximate surface area is 131 Å². The number of fused-ring (bicyclic) bond motifs is 1. The van der Waals surface area contributed by atoms with Crippen LogP contribution in [0.2, 0.25) is 0 Å². The number of aliphatic hydroxyl groups excluding tert-OH is 1. The van der Waals surface area contributed by atoms with Gasteiger partial charge in [0, 0.05) is 32.3 Å². The number of carbonyl (C=O) groups is 1. The molecule has 1 amide bonds. The minimum Gasteiger partial charge on any atom is -0.396 e. The van der Waals surface area contributed by atoms with Crippen molar-refractivity contribution in [3.63, 3.8) is 0 Å². The van der Waals surface area contributed by atoms with Gasteiger partial charge in [-0.05, 0) is 30.0 Å². The Kier molecular flexibility index (Phi) is 4.86. The Morgan fingerprint density at radius 3 is 2.73 bits per heavy atom. The highest BCUT2D eigenvalue weighted by Gasteiger charge is 2.22. The lowest BCUT2D eigenvalue weighted by Gasteiger charge is -2.30. The number of aliphatic hydroxyl groups is 1. The van der Waals surface area contributed by atoms with Crippen molar-refractivity contribution >= 4 is 16.9 Å². The molecule has 0 saturated heterocycles. The summed E-state index contributed by atoms with van der Waals surface area (Å²) in [5.74, 6) is -0.00377. The zero-order chi connectivity index (χ0) is 16.3. The second-order valence-electron chi connectivity index (χ2n) is 6.92. The predicted molar refractivity (Wildman–Crippen MR) is 87.8 cm³/mol. The standard InChI is InChI=1S/C17H25N3O2/c1-17(2,3)11-20(8-5-9-21)16(22)13-6-7-15-14(10-13)18-12-19(15)4/h6-7,10,12,21H,5,8-9,11H2,1-4H3. The van der Waals surface area contributed by atoms with Crippen molar-refractivity contribution in [2.75, 3.05) is 19.7 Å². The van der Waals surface area contributed by atoms with E-state index in [9.17, 15) is 4.79 Å². The van der Waals surface area contributed by atoms with Gasteiger partial charge in [0.1, 0.15) is 0 Å². The molecule has 0 aliphatic carbocycles. The lowest BCUT2D eigenvalue weighted by atomic mass is 9.95. The molecule has 22 heavy (non-hydrogen) atoms. The number of aryl methyl sites for hydroxylation is 1. The van der Waals surface area contributed by atoms with Crippen molar-refractivity contribution in [1.29, 1.82) is 0 Å². The SMILES string of the molecule is Cn1cnc2cc(C(=O)N(CCCO)CC(C)(C)C)ccc21. The average Bonchev–Trinajstić information content (AvgIpc) is 2.82. The first-order valence-electron chi connectivity index (χ1n) is 7.63. The van der Waals surface area contributed by atoms with E-state index in [0.29, 0.717) is 25.1 Å². The minimum atomic E-state index is -0.00377. The molecule has 1 N–H and O–H groups in total. The molecule has 0 saturated carbocycles. The van der Waals surface area contributed by atoms with E-state index in [1.54, 1.807) is 6.33 Å². The fraction of sp³-hybridized carbons (Fsp3) is 0.529. The van der Waals surface area contributed by atoms with Crippen molar-refractivity contribution in [2.45, 2.75) is 27.2 Å². The van der Waals surface area contributed by atoms with Gasteiger partial charge in [0.05, 0.1) is 17.4 Å². The maximum atomic E-state index is 12.8. The lowest BCUT2D eigenvalue weighted by molar-refractivity contribution is 0.0682. The summed E-state index contributed by atoms with van der Waals surface area (Å²) in [6.45, 7) is 7.63. The summed E-state index contributed by atoms with van der Waals surface area (Å²) in [7, 11) is 1.93. The van der Waals surface area contributed by atoms with Gasteiger partial charge >= 0.3 is 0 Å². The maximum absolute atomic E-state index is 12.8. The van der Waals surface area contributed by atoms with Gasteiger partial charge in [0.15, 0.2) is 0 Å². The summed E-state index contributed by atoms with van der Waals surface area (Å²) in [4.78, 5) is 18.9. The quantitative estimate of drug-likeness (QED) is 0.923. The Hall–Kier alpha value is -1.88. The van der Waals surface area contributed by atoms with Crippen LogP contribution in [0.25, 0.3) is 11.0 Å². The van der Waals surface area contributed by atoms with Crippen LogP contribution in [0.15, 0.2) is 24.5 Å². The molecule has 0 spiro atoms. The molecule has 1 heterocycles. The van der Waals surface area contributed by atoms with Crippen LogP contribution in [0.5, 0.6) is 0 Å². The van der Waals surface area contributed by atoms with Gasteiger partial charge in [-0.15, -0.1) is 0 Å². The Morgan fingerprint density at radius 1 is 1.36 bits per heavy atom. The van der Waals surface area contributed by atoms with Crippen molar-refractivity contribution in [2.24, 2.45) is 12.5 Å². The van der Waals surface area contributed by atoms with Crippen molar-refractivity contribution in [1.82, 2.24) is 14.5 Å². The summed E-state index contributed by atoms with van der Waals surface area (Å²) >= 11 is 0. The molecule has 0 bridgehead atoms. The third-order valence-corrected chi connectivity index (χ3v) is 3.51. The number of hydrogen-bond acceptors (Lipinski definition) is 3. The number of benzene rings is 1. The minimum absolute atomic E-state index is 0.00377. The van der Waals surface area contributed by atoms with Gasteiger partial charge in [-0.1, -0.05) is 20.8 Å². The molecule has 1 aromatic carbocycles. The first kappa shape index (κ1) is 16.5. The molecule has 2 aromatic rings. The Balaban J connectivity index is 2.26. The number of carbonyl (C=O) groups excluding carboxylic acids is 1. The predicted octanol–water partition coefficient (Wildman–Crippen LogP) is 2.44. The summed E-state index contributed by atoms with van der Waals surface area (Å²) in [6.07, 6.45) is 2.34. The van der Waals surface area contributed by atoms with Gasteiger partial charge in [-0.3, -0.25) is 4.79 Å². The highest BCUT2D eigenvalue weighted by atomic mass is 16.3. The normalized spacial score (nSPS) is 11.9. The van der Waals surface area contributed by atoms with Crippen LogP contribution in [0.3, 0.4) is 0 Å². The number of aromatic nitrogens is 2. The van der Waals surface area contributed by atoms with E-state index in [-0.39, 0.29) is 17.9 Å². The zero-order valence-corrected chi connectivity index (χ0v) is 13.8. The number of nitrogens with zero attached hydrogens (tertiary/aromatic N) is 3. The molecule has 2 rings (SSSR count). The molecular weight excluding hydrogens is 278 g/mol.